The lowest BCUT2D eigenvalue weighted by atomic mass is 10.0. The first-order chi connectivity index (χ1) is 27.9. The van der Waals surface area contributed by atoms with E-state index in [1.807, 2.05) is 0 Å². The van der Waals surface area contributed by atoms with Crippen LogP contribution in [0.3, 0.4) is 0 Å². The molecule has 57 heavy (non-hydrogen) atoms. The molecule has 0 heterocycles. The molecule has 0 saturated carbocycles. The summed E-state index contributed by atoms with van der Waals surface area (Å²) >= 11 is 0. The van der Waals surface area contributed by atoms with E-state index in [1.165, 1.54) is 205 Å². The molecule has 0 rings (SSSR count). The van der Waals surface area contributed by atoms with Crippen LogP contribution in [0, 0.1) is 0 Å². The van der Waals surface area contributed by atoms with Crippen LogP contribution in [0.2, 0.25) is 0 Å². The van der Waals surface area contributed by atoms with E-state index in [0.717, 1.165) is 38.5 Å². The maximum Gasteiger partial charge on any atom is 0.472 e. The summed E-state index contributed by atoms with van der Waals surface area (Å²) in [4.78, 5) is 22.8. The number of carbonyl (C=O) groups excluding carboxylic acids is 1. The molecule has 0 aromatic carbocycles. The van der Waals surface area contributed by atoms with Gasteiger partial charge in [0.1, 0.15) is 0 Å². The lowest BCUT2D eigenvalue weighted by Gasteiger charge is -2.25. The number of phosphoric acid groups is 1. The predicted molar refractivity (Wildman–Crippen MR) is 245 cm³/mol. The Kier molecular flexibility index (Phi) is 44.6. The standard InChI is InChI=1S/C48H99N2O6P/c1-3-5-7-9-11-13-15-17-19-21-22-23-24-26-28-30-32-34-36-38-40-42-48(52)50-46(45-56-57(53,54)55-44-43-49)47(51)41-39-37-35-33-31-29-27-25-20-18-16-14-12-10-8-6-4-2/h46-47,51H,3-45,49H2,1-2H3,(H,50,52)(H,53,54)/t46-,47+/m0/s1. The van der Waals surface area contributed by atoms with Gasteiger partial charge in [0, 0.05) is 13.0 Å². The Morgan fingerprint density at radius 3 is 1.12 bits per heavy atom. The number of rotatable bonds is 48. The van der Waals surface area contributed by atoms with Crippen molar-refractivity contribution in [1.29, 1.82) is 0 Å². The molecule has 0 aromatic heterocycles. The van der Waals surface area contributed by atoms with Crippen molar-refractivity contribution in [1.82, 2.24) is 5.32 Å². The van der Waals surface area contributed by atoms with E-state index in [2.05, 4.69) is 19.2 Å². The van der Waals surface area contributed by atoms with Gasteiger partial charge in [-0.2, -0.15) is 0 Å². The molecular formula is C48H99N2O6P. The summed E-state index contributed by atoms with van der Waals surface area (Å²) in [7, 11) is -4.31. The molecule has 9 heteroatoms. The van der Waals surface area contributed by atoms with Gasteiger partial charge in [-0.3, -0.25) is 13.8 Å². The molecule has 3 atom stereocenters. The summed E-state index contributed by atoms with van der Waals surface area (Å²) in [5.74, 6) is -0.154. The highest BCUT2D eigenvalue weighted by Crippen LogP contribution is 2.43. The zero-order valence-corrected chi connectivity index (χ0v) is 39.0. The summed E-state index contributed by atoms with van der Waals surface area (Å²) in [5, 5.41) is 13.9. The Labute approximate surface area is 354 Å². The minimum absolute atomic E-state index is 0.0928. The van der Waals surface area contributed by atoms with E-state index in [4.69, 9.17) is 14.8 Å². The topological polar surface area (TPSA) is 131 Å². The zero-order valence-electron chi connectivity index (χ0n) is 38.1. The summed E-state index contributed by atoms with van der Waals surface area (Å²) in [6.45, 7) is 4.26. The minimum Gasteiger partial charge on any atom is -0.391 e. The van der Waals surface area contributed by atoms with Crippen molar-refractivity contribution in [3.8, 4) is 0 Å². The number of aliphatic hydroxyl groups is 1. The molecule has 8 nitrogen and oxygen atoms in total. The quantitative estimate of drug-likeness (QED) is 0.0355. The second kappa shape index (κ2) is 45.0. The second-order valence-corrected chi connectivity index (χ2v) is 18.8. The van der Waals surface area contributed by atoms with Gasteiger partial charge in [0.25, 0.3) is 0 Å². The number of amides is 1. The van der Waals surface area contributed by atoms with E-state index < -0.39 is 20.0 Å². The lowest BCUT2D eigenvalue weighted by molar-refractivity contribution is -0.123. The van der Waals surface area contributed by atoms with Gasteiger partial charge in [-0.15, -0.1) is 0 Å². The van der Waals surface area contributed by atoms with Crippen molar-refractivity contribution >= 4 is 13.7 Å². The first-order valence-electron chi connectivity index (χ1n) is 25.2. The third kappa shape index (κ3) is 43.4. The van der Waals surface area contributed by atoms with Gasteiger partial charge in [-0.1, -0.05) is 251 Å². The average Bonchev–Trinajstić information content (AvgIpc) is 3.20. The SMILES string of the molecule is CCCCCCCCCCCCCCCCCCCCCCCC(=O)N[C@@H](COP(=O)(O)OCCN)[C@H](O)CCCCCCCCCCCCCCCCCCC. The van der Waals surface area contributed by atoms with Crippen molar-refractivity contribution in [3.05, 3.63) is 0 Å². The maximum atomic E-state index is 12.8. The molecule has 0 fully saturated rings. The van der Waals surface area contributed by atoms with Gasteiger partial charge < -0.3 is 21.1 Å². The lowest BCUT2D eigenvalue weighted by Crippen LogP contribution is -2.46. The first kappa shape index (κ1) is 56.5. The van der Waals surface area contributed by atoms with Crippen LogP contribution in [0.4, 0.5) is 0 Å². The fraction of sp³-hybridized carbons (Fsp3) is 0.979. The highest BCUT2D eigenvalue weighted by atomic mass is 31.2. The van der Waals surface area contributed by atoms with Gasteiger partial charge in [0.05, 0.1) is 25.4 Å². The van der Waals surface area contributed by atoms with Gasteiger partial charge in [0.15, 0.2) is 0 Å². The van der Waals surface area contributed by atoms with Crippen LogP contribution < -0.4 is 11.1 Å². The third-order valence-corrected chi connectivity index (χ3v) is 12.7. The van der Waals surface area contributed by atoms with Crippen molar-refractivity contribution < 1.29 is 28.4 Å². The largest absolute Gasteiger partial charge is 0.472 e. The number of hydrogen-bond acceptors (Lipinski definition) is 6. The zero-order chi connectivity index (χ0) is 41.8. The molecule has 0 aliphatic rings. The molecule has 0 radical (unpaired) electrons. The molecule has 0 saturated heterocycles. The van der Waals surface area contributed by atoms with Crippen LogP contribution in [0.5, 0.6) is 0 Å². The molecule has 0 bridgehead atoms. The van der Waals surface area contributed by atoms with E-state index in [-0.39, 0.29) is 25.7 Å². The molecule has 1 unspecified atom stereocenters. The van der Waals surface area contributed by atoms with Crippen molar-refractivity contribution in [3.63, 3.8) is 0 Å². The molecule has 0 aromatic rings. The molecule has 342 valence electrons. The maximum absolute atomic E-state index is 12.8. The summed E-state index contributed by atoms with van der Waals surface area (Å²) < 4.78 is 22.3. The van der Waals surface area contributed by atoms with Gasteiger partial charge in [-0.25, -0.2) is 4.57 Å². The second-order valence-electron chi connectivity index (χ2n) is 17.4. The van der Waals surface area contributed by atoms with Crippen molar-refractivity contribution in [2.24, 2.45) is 5.73 Å². The molecule has 1 amide bonds. The predicted octanol–water partition coefficient (Wildman–Crippen LogP) is 14.6. The summed E-state index contributed by atoms with van der Waals surface area (Å²) in [5.41, 5.74) is 5.40. The molecule has 0 aliphatic heterocycles. The third-order valence-electron chi connectivity index (χ3n) is 11.7. The van der Waals surface area contributed by atoms with Gasteiger partial charge in [-0.05, 0) is 12.8 Å². The smallest absolute Gasteiger partial charge is 0.391 e. The minimum atomic E-state index is -4.31. The Bertz CT molecular complexity index is 865. The van der Waals surface area contributed by atoms with Gasteiger partial charge in [0.2, 0.25) is 5.91 Å². The Morgan fingerprint density at radius 1 is 0.509 bits per heavy atom. The van der Waals surface area contributed by atoms with Crippen LogP contribution in [0.15, 0.2) is 0 Å². The number of phosphoric ester groups is 1. The number of nitrogens with one attached hydrogen (secondary N) is 1. The van der Waals surface area contributed by atoms with E-state index >= 15 is 0 Å². The number of nitrogens with two attached hydrogens (primary N) is 1. The van der Waals surface area contributed by atoms with Crippen LogP contribution in [0.1, 0.15) is 271 Å². The molecular weight excluding hydrogens is 732 g/mol. The molecule has 0 spiro atoms. The Morgan fingerprint density at radius 2 is 0.807 bits per heavy atom. The molecule has 5 N–H and O–H groups in total. The monoisotopic (exact) mass is 831 g/mol. The van der Waals surface area contributed by atoms with Crippen LogP contribution in [-0.2, 0) is 18.4 Å². The fourth-order valence-corrected chi connectivity index (χ4v) is 8.66. The van der Waals surface area contributed by atoms with E-state index in [0.29, 0.717) is 12.8 Å². The highest BCUT2D eigenvalue weighted by molar-refractivity contribution is 7.47. The average molecular weight is 831 g/mol. The Hall–Kier alpha value is -0.500. The fourth-order valence-electron chi connectivity index (χ4n) is 7.90. The number of unbranched alkanes of at least 4 members (excludes halogenated alkanes) is 36. The van der Waals surface area contributed by atoms with Crippen LogP contribution >= 0.6 is 7.82 Å². The van der Waals surface area contributed by atoms with Crippen molar-refractivity contribution in [2.75, 3.05) is 19.8 Å². The van der Waals surface area contributed by atoms with Crippen LogP contribution in [-0.4, -0.2) is 47.8 Å². The Balaban J connectivity index is 4.01. The van der Waals surface area contributed by atoms with Crippen LogP contribution in [0.25, 0.3) is 0 Å². The number of hydrogen-bond donors (Lipinski definition) is 4. The van der Waals surface area contributed by atoms with Crippen molar-refractivity contribution in [2.45, 2.75) is 283 Å². The molecule has 0 aliphatic carbocycles. The highest BCUT2D eigenvalue weighted by Gasteiger charge is 2.27. The number of carbonyl (C=O) groups is 1. The van der Waals surface area contributed by atoms with E-state index in [9.17, 15) is 19.4 Å². The summed E-state index contributed by atoms with van der Waals surface area (Å²) in [6.07, 6.45) is 49.8. The summed E-state index contributed by atoms with van der Waals surface area (Å²) in [6, 6.07) is -0.768. The van der Waals surface area contributed by atoms with E-state index in [1.54, 1.807) is 0 Å². The number of aliphatic hydroxyl groups excluding tert-OH is 1. The first-order valence-corrected chi connectivity index (χ1v) is 26.6. The normalized spacial score (nSPS) is 13.8. The van der Waals surface area contributed by atoms with Gasteiger partial charge >= 0.3 is 7.82 Å².